The Morgan fingerprint density at radius 2 is 1.88 bits per heavy atom. The number of benzene rings is 1. The van der Waals surface area contributed by atoms with Crippen LogP contribution < -0.4 is 15.0 Å². The monoisotopic (exact) mass is 539 g/mol. The molecule has 1 aliphatic rings. The van der Waals surface area contributed by atoms with Crippen LogP contribution in [0.2, 0.25) is 0 Å². The first-order chi connectivity index (χ1) is 16.4. The maximum atomic E-state index is 12.3. The normalized spacial score (nSPS) is 14.5. The third-order valence-electron chi connectivity index (χ3n) is 4.92. The lowest BCUT2D eigenvalue weighted by Crippen LogP contribution is -2.37. The summed E-state index contributed by atoms with van der Waals surface area (Å²) in [7, 11) is 0. The van der Waals surface area contributed by atoms with E-state index >= 15 is 0 Å². The Hall–Kier alpha value is -3.46. The van der Waals surface area contributed by atoms with Crippen LogP contribution in [-0.4, -0.2) is 67.4 Å². The molecule has 0 spiro atoms. The number of ether oxygens (including phenoxy) is 2. The van der Waals surface area contributed by atoms with Crippen molar-refractivity contribution >= 4 is 33.5 Å². The molecule has 0 bridgehead atoms. The zero-order chi connectivity index (χ0) is 23.7. The summed E-state index contributed by atoms with van der Waals surface area (Å²) in [5.74, 6) is 1.60. The smallest absolute Gasteiger partial charge is 0.406 e. The van der Waals surface area contributed by atoms with Crippen molar-refractivity contribution in [3.63, 3.8) is 0 Å². The Morgan fingerprint density at radius 1 is 1.12 bits per heavy atom. The molecule has 0 saturated carbocycles. The average molecular weight is 540 g/mol. The summed E-state index contributed by atoms with van der Waals surface area (Å²) in [4.78, 5) is 14.3. The maximum Gasteiger partial charge on any atom is 0.573 e. The third kappa shape index (κ3) is 4.89. The molecule has 0 aliphatic carbocycles. The van der Waals surface area contributed by atoms with E-state index in [1.807, 2.05) is 4.90 Å². The van der Waals surface area contributed by atoms with Gasteiger partial charge >= 0.3 is 6.36 Å². The predicted molar refractivity (Wildman–Crippen MR) is 117 cm³/mol. The number of rotatable bonds is 6. The van der Waals surface area contributed by atoms with Crippen molar-refractivity contribution < 1.29 is 22.6 Å². The molecule has 2 N–H and O–H groups in total. The van der Waals surface area contributed by atoms with Gasteiger partial charge in [-0.05, 0) is 40.2 Å². The molecular weight excluding hydrogens is 523 g/mol. The summed E-state index contributed by atoms with van der Waals surface area (Å²) in [6, 6.07) is 5.35. The fourth-order valence-corrected chi connectivity index (χ4v) is 3.69. The number of hydrogen-bond donors (Lipinski definition) is 2. The van der Waals surface area contributed by atoms with Gasteiger partial charge in [0.25, 0.3) is 0 Å². The summed E-state index contributed by atoms with van der Waals surface area (Å²) in [6.07, 6.45) is -3.11. The standard InChI is InChI=1S/C19H17BrF3N9O2/c20-13-9-25-32-16(13)27-18(31-5-7-33-8-6-31)28-17(32)24-10-14-26-15(30-29-14)11-1-3-12(4-2-11)34-19(21,22)23/h1-4,9H,5-8,10H2,(H,24,27,28)(H,26,29,30). The minimum atomic E-state index is -4.75. The molecule has 1 aromatic carbocycles. The minimum Gasteiger partial charge on any atom is -0.406 e. The molecule has 0 atom stereocenters. The molecule has 0 unspecified atom stereocenters. The lowest BCUT2D eigenvalue weighted by Gasteiger charge is -2.27. The van der Waals surface area contributed by atoms with Crippen LogP contribution in [-0.2, 0) is 11.3 Å². The molecule has 15 heteroatoms. The number of anilines is 2. The lowest BCUT2D eigenvalue weighted by atomic mass is 10.2. The van der Waals surface area contributed by atoms with Crippen LogP contribution in [0.5, 0.6) is 5.75 Å². The fourth-order valence-electron chi connectivity index (χ4n) is 3.34. The molecule has 178 valence electrons. The molecule has 0 amide bonds. The van der Waals surface area contributed by atoms with Crippen molar-refractivity contribution in [3.8, 4) is 17.1 Å². The number of halogens is 4. The molecule has 3 aromatic heterocycles. The van der Waals surface area contributed by atoms with E-state index in [2.05, 4.69) is 56.2 Å². The first kappa shape index (κ1) is 22.3. The lowest BCUT2D eigenvalue weighted by molar-refractivity contribution is -0.274. The van der Waals surface area contributed by atoms with E-state index in [0.29, 0.717) is 61.1 Å². The second-order valence-corrected chi connectivity index (χ2v) is 8.07. The molecule has 0 radical (unpaired) electrons. The first-order valence-corrected chi connectivity index (χ1v) is 10.9. The highest BCUT2D eigenvalue weighted by Gasteiger charge is 2.31. The summed E-state index contributed by atoms with van der Waals surface area (Å²) < 4.78 is 48.6. The van der Waals surface area contributed by atoms with Crippen LogP contribution in [0.25, 0.3) is 17.0 Å². The van der Waals surface area contributed by atoms with Gasteiger partial charge in [-0.25, -0.2) is 0 Å². The van der Waals surface area contributed by atoms with Gasteiger partial charge in [-0.1, -0.05) is 0 Å². The zero-order valence-corrected chi connectivity index (χ0v) is 19.0. The van der Waals surface area contributed by atoms with Gasteiger partial charge in [-0.2, -0.15) is 19.6 Å². The number of nitrogens with one attached hydrogen (secondary N) is 2. The predicted octanol–water partition coefficient (Wildman–Crippen LogP) is 3.02. The average Bonchev–Trinajstić information content (AvgIpc) is 3.45. The maximum absolute atomic E-state index is 12.3. The van der Waals surface area contributed by atoms with Crippen LogP contribution in [0, 0.1) is 0 Å². The third-order valence-corrected chi connectivity index (χ3v) is 5.48. The van der Waals surface area contributed by atoms with Crippen molar-refractivity contribution in [1.82, 2.24) is 34.8 Å². The molecule has 4 aromatic rings. The largest absolute Gasteiger partial charge is 0.573 e. The highest BCUT2D eigenvalue weighted by molar-refractivity contribution is 9.10. The number of aromatic amines is 1. The van der Waals surface area contributed by atoms with Gasteiger partial charge in [0.15, 0.2) is 11.5 Å². The van der Waals surface area contributed by atoms with Crippen molar-refractivity contribution in [2.24, 2.45) is 0 Å². The first-order valence-electron chi connectivity index (χ1n) is 10.1. The molecule has 34 heavy (non-hydrogen) atoms. The summed E-state index contributed by atoms with van der Waals surface area (Å²) >= 11 is 3.46. The summed E-state index contributed by atoms with van der Waals surface area (Å²) in [5, 5.41) is 15.7. The number of fused-ring (bicyclic) bond motifs is 1. The van der Waals surface area contributed by atoms with E-state index < -0.39 is 6.36 Å². The Labute approximate surface area is 198 Å². The van der Waals surface area contributed by atoms with Crippen LogP contribution >= 0.6 is 15.9 Å². The van der Waals surface area contributed by atoms with E-state index in [1.54, 1.807) is 10.7 Å². The van der Waals surface area contributed by atoms with E-state index in [0.717, 1.165) is 4.47 Å². The Kier molecular flexibility index (Phi) is 5.95. The molecule has 5 rings (SSSR count). The Bertz CT molecular complexity index is 1290. The number of aromatic nitrogens is 7. The quantitative estimate of drug-likeness (QED) is 0.381. The van der Waals surface area contributed by atoms with Gasteiger partial charge in [0.2, 0.25) is 11.9 Å². The molecule has 11 nitrogen and oxygen atoms in total. The number of nitrogens with zero attached hydrogens (tertiary/aromatic N) is 7. The number of hydrogen-bond acceptors (Lipinski definition) is 9. The van der Waals surface area contributed by atoms with Crippen LogP contribution in [0.4, 0.5) is 25.1 Å². The number of morpholine rings is 1. The van der Waals surface area contributed by atoms with E-state index in [1.165, 1.54) is 24.3 Å². The fraction of sp³-hybridized carbons (Fsp3) is 0.316. The summed E-state index contributed by atoms with van der Waals surface area (Å²) in [6.45, 7) is 2.80. The molecule has 1 saturated heterocycles. The van der Waals surface area contributed by atoms with Gasteiger partial charge in [0.05, 0.1) is 30.4 Å². The van der Waals surface area contributed by atoms with Gasteiger partial charge in [-0.15, -0.1) is 23.4 Å². The van der Waals surface area contributed by atoms with Crippen LogP contribution in [0.15, 0.2) is 34.9 Å². The summed E-state index contributed by atoms with van der Waals surface area (Å²) in [5.41, 5.74) is 1.17. The SMILES string of the molecule is FC(F)(F)Oc1ccc(-c2nnc(CNc3nc(N4CCOCC4)nc4c(Br)cnn34)[nH]2)cc1. The molecular formula is C19H17BrF3N9O2. The van der Waals surface area contributed by atoms with Gasteiger partial charge in [-0.3, -0.25) is 0 Å². The Morgan fingerprint density at radius 3 is 2.62 bits per heavy atom. The van der Waals surface area contributed by atoms with Crippen molar-refractivity contribution in [2.75, 3.05) is 36.5 Å². The molecule has 4 heterocycles. The van der Waals surface area contributed by atoms with Gasteiger partial charge in [0.1, 0.15) is 11.6 Å². The number of H-pyrrole nitrogens is 1. The van der Waals surface area contributed by atoms with Crippen LogP contribution in [0.3, 0.4) is 0 Å². The van der Waals surface area contributed by atoms with E-state index in [9.17, 15) is 13.2 Å². The number of alkyl halides is 3. The van der Waals surface area contributed by atoms with Gasteiger partial charge < -0.3 is 24.7 Å². The Balaban J connectivity index is 1.32. The molecule has 1 fully saturated rings. The van der Waals surface area contributed by atoms with Crippen LogP contribution in [0.1, 0.15) is 5.82 Å². The minimum absolute atomic E-state index is 0.244. The molecule has 1 aliphatic heterocycles. The van der Waals surface area contributed by atoms with Gasteiger partial charge in [0, 0.05) is 18.7 Å². The highest BCUT2D eigenvalue weighted by Crippen LogP contribution is 2.26. The second-order valence-electron chi connectivity index (χ2n) is 7.22. The van der Waals surface area contributed by atoms with Crippen molar-refractivity contribution in [2.45, 2.75) is 12.9 Å². The van der Waals surface area contributed by atoms with Crippen molar-refractivity contribution in [3.05, 3.63) is 40.8 Å². The zero-order valence-electron chi connectivity index (χ0n) is 17.4. The van der Waals surface area contributed by atoms with Crippen molar-refractivity contribution in [1.29, 1.82) is 0 Å². The topological polar surface area (TPSA) is 118 Å². The second kappa shape index (κ2) is 9.06. The van der Waals surface area contributed by atoms with E-state index in [4.69, 9.17) is 4.74 Å². The highest BCUT2D eigenvalue weighted by atomic mass is 79.9. The van der Waals surface area contributed by atoms with E-state index in [-0.39, 0.29) is 12.3 Å².